The topological polar surface area (TPSA) is 110 Å². The average molecular weight is 500 g/mol. The third-order valence-corrected chi connectivity index (χ3v) is 5.85. The largest absolute Gasteiger partial charge is 0.497 e. The van der Waals surface area contributed by atoms with E-state index in [0.717, 1.165) is 22.6 Å². The molecule has 0 spiro atoms. The van der Waals surface area contributed by atoms with Gasteiger partial charge >= 0.3 is 6.03 Å². The van der Waals surface area contributed by atoms with Crippen LogP contribution in [-0.2, 0) is 13.0 Å². The number of anilines is 1. The standard InChI is InChI=1S/C28H29N5O4/c1-19-7-4-5-10-24(19)30-28(35)33(2)16-15-25-31-27(37-32-25)22-13-11-21(12-14-22)26(34)29-18-20-8-6-9-23(17-20)36-3/h4-14,17H,15-16,18H2,1-3H3,(H,29,34)(H,30,35). The molecule has 0 radical (unpaired) electrons. The highest BCUT2D eigenvalue weighted by Crippen LogP contribution is 2.19. The predicted molar refractivity (Wildman–Crippen MR) is 140 cm³/mol. The van der Waals surface area contributed by atoms with E-state index in [1.165, 1.54) is 0 Å². The molecule has 0 bridgehead atoms. The van der Waals surface area contributed by atoms with Gasteiger partial charge in [0.2, 0.25) is 0 Å². The van der Waals surface area contributed by atoms with Crippen LogP contribution < -0.4 is 15.4 Å². The maximum Gasteiger partial charge on any atom is 0.321 e. The van der Waals surface area contributed by atoms with Crippen molar-refractivity contribution < 1.29 is 18.8 Å². The maximum absolute atomic E-state index is 12.5. The molecule has 9 heteroatoms. The Hall–Kier alpha value is -4.66. The molecule has 0 aliphatic carbocycles. The van der Waals surface area contributed by atoms with Gasteiger partial charge in [0.1, 0.15) is 5.75 Å². The number of likely N-dealkylation sites (N-methyl/N-ethyl adjacent to an activating group) is 1. The van der Waals surface area contributed by atoms with E-state index in [9.17, 15) is 9.59 Å². The Labute approximate surface area is 215 Å². The quantitative estimate of drug-likeness (QED) is 0.346. The van der Waals surface area contributed by atoms with Gasteiger partial charge in [-0.2, -0.15) is 4.98 Å². The number of para-hydroxylation sites is 1. The first kappa shape index (κ1) is 25.4. The van der Waals surface area contributed by atoms with Crippen LogP contribution in [0.15, 0.2) is 77.3 Å². The van der Waals surface area contributed by atoms with Crippen molar-refractivity contribution >= 4 is 17.6 Å². The zero-order valence-corrected chi connectivity index (χ0v) is 21.0. The Bertz CT molecular complexity index is 1370. The Kier molecular flexibility index (Phi) is 8.15. The number of ether oxygens (including phenoxy) is 1. The number of carbonyl (C=O) groups excluding carboxylic acids is 2. The summed E-state index contributed by atoms with van der Waals surface area (Å²) in [5.74, 6) is 1.40. The fraction of sp³-hybridized carbons (Fsp3) is 0.214. The number of carbonyl (C=O) groups is 2. The van der Waals surface area contributed by atoms with Crippen molar-refractivity contribution in [1.82, 2.24) is 20.4 Å². The van der Waals surface area contributed by atoms with Gasteiger partial charge in [-0.3, -0.25) is 4.79 Å². The molecule has 0 aliphatic heterocycles. The van der Waals surface area contributed by atoms with Crippen LogP contribution in [0.2, 0.25) is 0 Å². The van der Waals surface area contributed by atoms with E-state index in [1.807, 2.05) is 55.5 Å². The maximum atomic E-state index is 12.5. The number of nitrogens with zero attached hydrogens (tertiary/aromatic N) is 3. The summed E-state index contributed by atoms with van der Waals surface area (Å²) < 4.78 is 10.6. The van der Waals surface area contributed by atoms with Gasteiger partial charge in [-0.15, -0.1) is 0 Å². The van der Waals surface area contributed by atoms with Crippen LogP contribution in [-0.4, -0.2) is 47.7 Å². The van der Waals surface area contributed by atoms with Gasteiger partial charge in [0, 0.05) is 43.4 Å². The predicted octanol–water partition coefficient (Wildman–Crippen LogP) is 4.69. The van der Waals surface area contributed by atoms with Crippen LogP contribution in [0.3, 0.4) is 0 Å². The van der Waals surface area contributed by atoms with Crippen LogP contribution in [0.1, 0.15) is 27.3 Å². The van der Waals surface area contributed by atoms with Crippen molar-refractivity contribution in [3.05, 3.63) is 95.3 Å². The second-order valence-electron chi connectivity index (χ2n) is 8.54. The molecule has 3 aromatic carbocycles. The summed E-state index contributed by atoms with van der Waals surface area (Å²) in [4.78, 5) is 31.0. The molecule has 0 saturated carbocycles. The Morgan fingerprint density at radius 1 is 1.03 bits per heavy atom. The second kappa shape index (κ2) is 11.9. The number of rotatable bonds is 9. The molecule has 0 unspecified atom stereocenters. The summed E-state index contributed by atoms with van der Waals surface area (Å²) in [7, 11) is 3.32. The van der Waals surface area contributed by atoms with Gasteiger partial charge in [0.05, 0.1) is 7.11 Å². The van der Waals surface area contributed by atoms with Crippen molar-refractivity contribution in [2.45, 2.75) is 19.9 Å². The van der Waals surface area contributed by atoms with E-state index in [2.05, 4.69) is 20.8 Å². The van der Waals surface area contributed by atoms with Crippen LogP contribution in [0.5, 0.6) is 5.75 Å². The monoisotopic (exact) mass is 499 g/mol. The SMILES string of the molecule is COc1cccc(CNC(=O)c2ccc(-c3nc(CCN(C)C(=O)Nc4ccccc4C)no3)cc2)c1. The third kappa shape index (κ3) is 6.72. The number of urea groups is 1. The summed E-state index contributed by atoms with van der Waals surface area (Å²) in [5.41, 5.74) is 3.94. The molecule has 2 N–H and O–H groups in total. The molecule has 4 aromatic rings. The van der Waals surface area contributed by atoms with E-state index < -0.39 is 0 Å². The number of aromatic nitrogens is 2. The Balaban J connectivity index is 1.28. The molecule has 0 saturated heterocycles. The molecule has 0 aliphatic rings. The zero-order chi connectivity index (χ0) is 26.2. The number of methoxy groups -OCH3 is 1. The molecule has 0 atom stereocenters. The zero-order valence-electron chi connectivity index (χ0n) is 21.0. The lowest BCUT2D eigenvalue weighted by molar-refractivity contribution is 0.0951. The third-order valence-electron chi connectivity index (χ3n) is 5.85. The lowest BCUT2D eigenvalue weighted by atomic mass is 10.1. The Morgan fingerprint density at radius 2 is 1.81 bits per heavy atom. The summed E-state index contributed by atoms with van der Waals surface area (Å²) >= 11 is 0. The minimum absolute atomic E-state index is 0.187. The molecular formula is C28H29N5O4. The van der Waals surface area contributed by atoms with Crippen molar-refractivity contribution in [3.8, 4) is 17.2 Å². The van der Waals surface area contributed by atoms with E-state index in [1.54, 1.807) is 43.3 Å². The van der Waals surface area contributed by atoms with Crippen LogP contribution in [0, 0.1) is 6.92 Å². The van der Waals surface area contributed by atoms with E-state index in [4.69, 9.17) is 9.26 Å². The minimum Gasteiger partial charge on any atom is -0.497 e. The average Bonchev–Trinajstić information content (AvgIpc) is 3.41. The fourth-order valence-corrected chi connectivity index (χ4v) is 3.60. The van der Waals surface area contributed by atoms with Crippen molar-refractivity contribution in [2.24, 2.45) is 0 Å². The number of benzene rings is 3. The van der Waals surface area contributed by atoms with Crippen molar-refractivity contribution in [3.63, 3.8) is 0 Å². The molecular weight excluding hydrogens is 470 g/mol. The number of amides is 3. The summed E-state index contributed by atoms with van der Waals surface area (Å²) in [6, 6.07) is 21.9. The van der Waals surface area contributed by atoms with Gasteiger partial charge in [0.15, 0.2) is 5.82 Å². The number of aryl methyl sites for hydroxylation is 1. The lowest BCUT2D eigenvalue weighted by Gasteiger charge is -2.18. The first-order valence-corrected chi connectivity index (χ1v) is 11.8. The summed E-state index contributed by atoms with van der Waals surface area (Å²) in [6.07, 6.45) is 0.436. The van der Waals surface area contributed by atoms with Crippen molar-refractivity contribution in [2.75, 3.05) is 26.0 Å². The summed E-state index contributed by atoms with van der Waals surface area (Å²) in [5, 5.41) is 9.82. The number of nitrogens with one attached hydrogen (secondary N) is 2. The van der Waals surface area contributed by atoms with E-state index in [0.29, 0.717) is 42.4 Å². The van der Waals surface area contributed by atoms with Gasteiger partial charge in [-0.25, -0.2) is 4.79 Å². The molecule has 3 amide bonds. The van der Waals surface area contributed by atoms with Gasteiger partial charge in [-0.1, -0.05) is 35.5 Å². The molecule has 9 nitrogen and oxygen atoms in total. The molecule has 190 valence electrons. The highest BCUT2D eigenvalue weighted by Gasteiger charge is 2.14. The first-order chi connectivity index (χ1) is 17.9. The molecule has 37 heavy (non-hydrogen) atoms. The van der Waals surface area contributed by atoms with Crippen molar-refractivity contribution in [1.29, 1.82) is 0 Å². The second-order valence-corrected chi connectivity index (χ2v) is 8.54. The highest BCUT2D eigenvalue weighted by atomic mass is 16.5. The molecule has 0 fully saturated rings. The Morgan fingerprint density at radius 3 is 2.57 bits per heavy atom. The summed E-state index contributed by atoms with van der Waals surface area (Å²) in [6.45, 7) is 2.75. The molecule has 1 heterocycles. The highest BCUT2D eigenvalue weighted by molar-refractivity contribution is 5.94. The lowest BCUT2D eigenvalue weighted by Crippen LogP contribution is -2.33. The molecule has 4 rings (SSSR count). The van der Waals surface area contributed by atoms with Crippen LogP contribution in [0.4, 0.5) is 10.5 Å². The van der Waals surface area contributed by atoms with Gasteiger partial charge < -0.3 is 24.8 Å². The van der Waals surface area contributed by atoms with E-state index >= 15 is 0 Å². The van der Waals surface area contributed by atoms with E-state index in [-0.39, 0.29) is 11.9 Å². The number of hydrogen-bond acceptors (Lipinski definition) is 6. The minimum atomic E-state index is -0.210. The smallest absolute Gasteiger partial charge is 0.321 e. The van der Waals surface area contributed by atoms with Crippen LogP contribution in [0.25, 0.3) is 11.5 Å². The molecule has 1 aromatic heterocycles. The number of hydrogen-bond donors (Lipinski definition) is 2. The fourth-order valence-electron chi connectivity index (χ4n) is 3.60. The van der Waals surface area contributed by atoms with Gasteiger partial charge in [0.25, 0.3) is 11.8 Å². The normalized spacial score (nSPS) is 10.6. The first-order valence-electron chi connectivity index (χ1n) is 11.8. The van der Waals surface area contributed by atoms with Gasteiger partial charge in [-0.05, 0) is 60.5 Å². The van der Waals surface area contributed by atoms with Crippen LogP contribution >= 0.6 is 0 Å².